The van der Waals surface area contributed by atoms with Crippen LogP contribution in [0.2, 0.25) is 0 Å². The molecule has 1 aromatic carbocycles. The second-order valence-electron chi connectivity index (χ2n) is 2.48. The Morgan fingerprint density at radius 3 is 2.85 bits per heavy atom. The molecule has 0 atom stereocenters. The Labute approximate surface area is 84.5 Å². The van der Waals surface area contributed by atoms with Gasteiger partial charge in [-0.15, -0.1) is 0 Å². The van der Waals surface area contributed by atoms with Crippen molar-refractivity contribution in [3.63, 3.8) is 0 Å². The summed E-state index contributed by atoms with van der Waals surface area (Å²) in [6.45, 7) is 1.75. The van der Waals surface area contributed by atoms with Gasteiger partial charge in [-0.05, 0) is 25.1 Å². The Morgan fingerprint density at radius 1 is 1.54 bits per heavy atom. The van der Waals surface area contributed by atoms with Crippen molar-refractivity contribution in [2.75, 3.05) is 7.11 Å². The summed E-state index contributed by atoms with van der Waals surface area (Å²) in [5.41, 5.74) is 1.33. The van der Waals surface area contributed by atoms with Gasteiger partial charge in [-0.1, -0.05) is 21.1 Å². The third-order valence-electron chi connectivity index (χ3n) is 1.55. The fraction of sp³-hybridized carbons (Fsp3) is 0.222. The van der Waals surface area contributed by atoms with Gasteiger partial charge in [0.2, 0.25) is 0 Å². The number of hydrogen-bond acceptors (Lipinski definition) is 2. The van der Waals surface area contributed by atoms with Crippen LogP contribution >= 0.6 is 15.9 Å². The van der Waals surface area contributed by atoms with Crippen molar-refractivity contribution in [1.29, 1.82) is 0 Å². The molecule has 0 aliphatic rings. The first-order valence-electron chi connectivity index (χ1n) is 3.68. The zero-order chi connectivity index (χ0) is 9.84. The summed E-state index contributed by atoms with van der Waals surface area (Å²) in [5, 5.41) is 3.72. The van der Waals surface area contributed by atoms with Gasteiger partial charge < -0.3 is 4.84 Å². The molecule has 0 heterocycles. The fourth-order valence-electron chi connectivity index (χ4n) is 0.961. The number of benzene rings is 1. The predicted molar refractivity (Wildman–Crippen MR) is 53.3 cm³/mol. The topological polar surface area (TPSA) is 21.6 Å². The second-order valence-corrected chi connectivity index (χ2v) is 3.34. The van der Waals surface area contributed by atoms with E-state index in [1.165, 1.54) is 19.2 Å². The van der Waals surface area contributed by atoms with Crippen LogP contribution in [-0.2, 0) is 4.84 Å². The summed E-state index contributed by atoms with van der Waals surface area (Å²) in [6, 6.07) is 4.43. The van der Waals surface area contributed by atoms with E-state index in [4.69, 9.17) is 0 Å². The first-order valence-corrected chi connectivity index (χ1v) is 4.47. The average molecular weight is 246 g/mol. The molecule has 0 fully saturated rings. The highest BCUT2D eigenvalue weighted by atomic mass is 79.9. The van der Waals surface area contributed by atoms with E-state index >= 15 is 0 Å². The molecule has 0 amide bonds. The number of hydrogen-bond donors (Lipinski definition) is 0. The fourth-order valence-corrected chi connectivity index (χ4v) is 1.49. The molecule has 0 saturated carbocycles. The van der Waals surface area contributed by atoms with Crippen LogP contribution in [0, 0.1) is 5.82 Å². The van der Waals surface area contributed by atoms with Crippen LogP contribution in [0.4, 0.5) is 4.39 Å². The zero-order valence-corrected chi connectivity index (χ0v) is 8.93. The van der Waals surface area contributed by atoms with Gasteiger partial charge in [0.25, 0.3) is 0 Å². The maximum absolute atomic E-state index is 12.8. The van der Waals surface area contributed by atoms with Gasteiger partial charge in [0, 0.05) is 10.0 Å². The van der Waals surface area contributed by atoms with Crippen LogP contribution in [0.1, 0.15) is 12.5 Å². The minimum Gasteiger partial charge on any atom is -0.399 e. The van der Waals surface area contributed by atoms with Gasteiger partial charge in [0.05, 0.1) is 5.71 Å². The summed E-state index contributed by atoms with van der Waals surface area (Å²) in [5.74, 6) is -0.288. The van der Waals surface area contributed by atoms with E-state index < -0.39 is 0 Å². The maximum Gasteiger partial charge on any atom is 0.123 e. The lowest BCUT2D eigenvalue weighted by molar-refractivity contribution is 0.213. The quantitative estimate of drug-likeness (QED) is 0.580. The molecule has 70 valence electrons. The highest BCUT2D eigenvalue weighted by Crippen LogP contribution is 2.18. The number of oxime groups is 1. The van der Waals surface area contributed by atoms with Gasteiger partial charge in [-0.3, -0.25) is 0 Å². The van der Waals surface area contributed by atoms with Crippen LogP contribution < -0.4 is 0 Å². The molecule has 2 nitrogen and oxygen atoms in total. The number of rotatable bonds is 2. The monoisotopic (exact) mass is 245 g/mol. The standard InChI is InChI=1S/C9H9BrFNO/c1-6(12-13-2)8-5-7(11)3-4-9(8)10/h3-5H,1-2H3. The van der Waals surface area contributed by atoms with Gasteiger partial charge in [0.15, 0.2) is 0 Å². The molecule has 0 N–H and O–H groups in total. The lowest BCUT2D eigenvalue weighted by Gasteiger charge is -2.02. The molecule has 0 radical (unpaired) electrons. The van der Waals surface area contributed by atoms with E-state index in [2.05, 4.69) is 25.9 Å². The Balaban J connectivity index is 3.13. The molecule has 4 heteroatoms. The predicted octanol–water partition coefficient (Wildman–Crippen LogP) is 2.96. The molecule has 0 aliphatic heterocycles. The number of halogens is 2. The molecule has 1 aromatic rings. The Morgan fingerprint density at radius 2 is 2.23 bits per heavy atom. The van der Waals surface area contributed by atoms with Gasteiger partial charge in [-0.25, -0.2) is 4.39 Å². The van der Waals surface area contributed by atoms with Crippen molar-refractivity contribution >= 4 is 21.6 Å². The third kappa shape index (κ3) is 2.52. The lowest BCUT2D eigenvalue weighted by Crippen LogP contribution is -1.97. The first kappa shape index (κ1) is 10.2. The number of nitrogens with zero attached hydrogens (tertiary/aromatic N) is 1. The van der Waals surface area contributed by atoms with Gasteiger partial charge in [0.1, 0.15) is 12.9 Å². The SMILES string of the molecule is CON=C(C)c1cc(F)ccc1Br. The molecule has 0 spiro atoms. The van der Waals surface area contributed by atoms with E-state index in [0.29, 0.717) is 11.3 Å². The van der Waals surface area contributed by atoms with E-state index in [1.807, 2.05) is 0 Å². The summed E-state index contributed by atoms with van der Waals surface area (Å²) < 4.78 is 13.6. The molecular weight excluding hydrogens is 237 g/mol. The Bertz CT molecular complexity index is 338. The molecule has 0 aromatic heterocycles. The maximum atomic E-state index is 12.8. The largest absolute Gasteiger partial charge is 0.399 e. The van der Waals surface area contributed by atoms with Crippen molar-refractivity contribution in [3.05, 3.63) is 34.1 Å². The summed E-state index contributed by atoms with van der Waals surface area (Å²) in [6.07, 6.45) is 0. The van der Waals surface area contributed by atoms with Crippen LogP contribution in [0.5, 0.6) is 0 Å². The highest BCUT2D eigenvalue weighted by molar-refractivity contribution is 9.10. The van der Waals surface area contributed by atoms with Crippen molar-refractivity contribution in [2.45, 2.75) is 6.92 Å². The minimum absolute atomic E-state index is 0.288. The molecule has 0 bridgehead atoms. The smallest absolute Gasteiger partial charge is 0.123 e. The van der Waals surface area contributed by atoms with Crippen molar-refractivity contribution in [1.82, 2.24) is 0 Å². The van der Waals surface area contributed by atoms with Gasteiger partial charge in [-0.2, -0.15) is 0 Å². The molecular formula is C9H9BrFNO. The van der Waals surface area contributed by atoms with E-state index in [0.717, 1.165) is 4.47 Å². The van der Waals surface area contributed by atoms with E-state index in [9.17, 15) is 4.39 Å². The van der Waals surface area contributed by atoms with E-state index in [-0.39, 0.29) is 5.82 Å². The van der Waals surface area contributed by atoms with Crippen molar-refractivity contribution < 1.29 is 9.23 Å². The molecule has 13 heavy (non-hydrogen) atoms. The summed E-state index contributed by atoms with van der Waals surface area (Å²) in [4.78, 5) is 4.60. The van der Waals surface area contributed by atoms with Gasteiger partial charge >= 0.3 is 0 Å². The molecule has 1 rings (SSSR count). The zero-order valence-electron chi connectivity index (χ0n) is 7.34. The highest BCUT2D eigenvalue weighted by Gasteiger charge is 2.04. The van der Waals surface area contributed by atoms with Crippen LogP contribution in [0.3, 0.4) is 0 Å². The normalized spacial score (nSPS) is 11.5. The van der Waals surface area contributed by atoms with Crippen molar-refractivity contribution in [3.8, 4) is 0 Å². The Hall–Kier alpha value is -0.900. The second kappa shape index (κ2) is 4.37. The van der Waals surface area contributed by atoms with Crippen LogP contribution in [-0.4, -0.2) is 12.8 Å². The van der Waals surface area contributed by atoms with E-state index in [1.54, 1.807) is 13.0 Å². The summed E-state index contributed by atoms with van der Waals surface area (Å²) in [7, 11) is 1.46. The van der Waals surface area contributed by atoms with Crippen molar-refractivity contribution in [2.24, 2.45) is 5.16 Å². The third-order valence-corrected chi connectivity index (χ3v) is 2.24. The molecule has 0 saturated heterocycles. The first-order chi connectivity index (χ1) is 6.15. The van der Waals surface area contributed by atoms with Crippen LogP contribution in [0.25, 0.3) is 0 Å². The average Bonchev–Trinajstić information content (AvgIpc) is 2.09. The Kier molecular flexibility index (Phi) is 3.42. The summed E-state index contributed by atoms with van der Waals surface area (Å²) >= 11 is 3.30. The molecule has 0 unspecified atom stereocenters. The minimum atomic E-state index is -0.288. The lowest BCUT2D eigenvalue weighted by atomic mass is 10.1. The van der Waals surface area contributed by atoms with Crippen LogP contribution in [0.15, 0.2) is 27.8 Å². The molecule has 0 aliphatic carbocycles.